The molecule has 3 rings (SSSR count). The third kappa shape index (κ3) is 5.50. The summed E-state index contributed by atoms with van der Waals surface area (Å²) in [7, 11) is 0. The lowest BCUT2D eigenvalue weighted by Crippen LogP contribution is -2.41. The first-order valence-corrected chi connectivity index (χ1v) is 10.1. The van der Waals surface area contributed by atoms with Gasteiger partial charge >= 0.3 is 0 Å². The van der Waals surface area contributed by atoms with E-state index >= 15 is 0 Å². The van der Waals surface area contributed by atoms with Crippen LogP contribution >= 0.6 is 0 Å². The van der Waals surface area contributed by atoms with Crippen LogP contribution in [-0.4, -0.2) is 83.2 Å². The molecule has 8 heteroatoms. The number of amides is 1. The first-order valence-electron chi connectivity index (χ1n) is 10.1. The van der Waals surface area contributed by atoms with E-state index < -0.39 is 0 Å². The van der Waals surface area contributed by atoms with Gasteiger partial charge in [-0.25, -0.2) is 0 Å². The number of nitrogens with one attached hydrogen (secondary N) is 1. The van der Waals surface area contributed by atoms with Gasteiger partial charge in [-0.2, -0.15) is 0 Å². The number of anilines is 2. The molecular weight excluding hydrogens is 362 g/mol. The fraction of sp³-hybridized carbons (Fsp3) is 0.650. The number of morpholine rings is 2. The topological polar surface area (TPSA) is 72.5 Å². The van der Waals surface area contributed by atoms with Crippen molar-refractivity contribution in [2.45, 2.75) is 13.8 Å². The van der Waals surface area contributed by atoms with Crippen LogP contribution in [0, 0.1) is 0 Å². The zero-order valence-corrected chi connectivity index (χ0v) is 16.9. The van der Waals surface area contributed by atoms with Gasteiger partial charge in [0.25, 0.3) is 0 Å². The van der Waals surface area contributed by atoms with Crippen molar-refractivity contribution >= 4 is 17.3 Å². The Labute approximate surface area is 166 Å². The van der Waals surface area contributed by atoms with Crippen LogP contribution in [0.4, 0.5) is 11.4 Å². The Hall–Kier alpha value is -2.03. The Balaban J connectivity index is 1.79. The minimum absolute atomic E-state index is 0.0653. The summed E-state index contributed by atoms with van der Waals surface area (Å²) in [6.07, 6.45) is 0. The van der Waals surface area contributed by atoms with E-state index in [2.05, 4.69) is 15.1 Å². The van der Waals surface area contributed by atoms with Crippen LogP contribution in [-0.2, 0) is 14.3 Å². The monoisotopic (exact) mass is 393 g/mol. The van der Waals surface area contributed by atoms with Gasteiger partial charge in [-0.05, 0) is 13.8 Å². The van der Waals surface area contributed by atoms with E-state index in [1.165, 1.54) is 0 Å². The van der Waals surface area contributed by atoms with Crippen LogP contribution < -0.4 is 19.7 Å². The van der Waals surface area contributed by atoms with Crippen LogP contribution in [0.5, 0.6) is 11.5 Å². The van der Waals surface area contributed by atoms with E-state index in [1.807, 2.05) is 26.0 Å². The highest BCUT2D eigenvalue weighted by molar-refractivity contribution is 5.94. The van der Waals surface area contributed by atoms with Crippen molar-refractivity contribution in [2.75, 3.05) is 82.6 Å². The Morgan fingerprint density at radius 1 is 0.964 bits per heavy atom. The molecule has 28 heavy (non-hydrogen) atoms. The van der Waals surface area contributed by atoms with Gasteiger partial charge in [-0.15, -0.1) is 0 Å². The molecule has 1 aromatic rings. The number of nitrogens with zero attached hydrogens (tertiary/aromatic N) is 2. The van der Waals surface area contributed by atoms with Gasteiger partial charge in [0.15, 0.2) is 0 Å². The molecule has 0 bridgehead atoms. The molecule has 2 aliphatic rings. The normalized spacial score (nSPS) is 18.0. The van der Waals surface area contributed by atoms with Crippen molar-refractivity contribution in [1.29, 1.82) is 0 Å². The number of hydrogen-bond donors (Lipinski definition) is 1. The maximum atomic E-state index is 12.6. The van der Waals surface area contributed by atoms with Gasteiger partial charge in [-0.1, -0.05) is 0 Å². The number of hydrogen-bond acceptors (Lipinski definition) is 7. The van der Waals surface area contributed by atoms with E-state index in [-0.39, 0.29) is 5.91 Å². The Bertz CT molecular complexity index is 643. The standard InChI is InChI=1S/C20H31N3O5/c1-3-27-18-14-17(23-7-11-26-12-8-23)19(28-4-2)13-16(18)21-20(24)15-22-5-9-25-10-6-22/h13-14H,3-12,15H2,1-2H3,(H,21,24). The molecule has 0 aliphatic carbocycles. The third-order valence-electron chi connectivity index (χ3n) is 4.76. The molecule has 0 aromatic heterocycles. The second-order valence-electron chi connectivity index (χ2n) is 6.72. The van der Waals surface area contributed by atoms with Gasteiger partial charge in [0, 0.05) is 38.3 Å². The molecule has 0 saturated carbocycles. The largest absolute Gasteiger partial charge is 0.492 e. The van der Waals surface area contributed by atoms with Crippen LogP contribution in [0.15, 0.2) is 12.1 Å². The van der Waals surface area contributed by atoms with E-state index in [0.717, 1.165) is 37.6 Å². The van der Waals surface area contributed by atoms with Gasteiger partial charge < -0.3 is 29.2 Å². The summed E-state index contributed by atoms with van der Waals surface area (Å²) in [5.74, 6) is 1.33. The lowest BCUT2D eigenvalue weighted by molar-refractivity contribution is -0.118. The molecule has 1 aromatic carbocycles. The Morgan fingerprint density at radius 3 is 2.21 bits per heavy atom. The number of carbonyl (C=O) groups is 1. The molecular formula is C20H31N3O5. The Morgan fingerprint density at radius 2 is 1.57 bits per heavy atom. The fourth-order valence-corrected chi connectivity index (χ4v) is 3.40. The molecule has 2 heterocycles. The summed E-state index contributed by atoms with van der Waals surface area (Å²) in [6.45, 7) is 11.1. The van der Waals surface area contributed by atoms with Crippen molar-refractivity contribution in [2.24, 2.45) is 0 Å². The molecule has 156 valence electrons. The van der Waals surface area contributed by atoms with Crippen molar-refractivity contribution in [3.05, 3.63) is 12.1 Å². The first-order chi connectivity index (χ1) is 13.7. The molecule has 0 spiro atoms. The second-order valence-corrected chi connectivity index (χ2v) is 6.72. The predicted octanol–water partition coefficient (Wildman–Crippen LogP) is 1.59. The second kappa shape index (κ2) is 10.5. The average Bonchev–Trinajstić information content (AvgIpc) is 2.71. The summed E-state index contributed by atoms with van der Waals surface area (Å²) in [5, 5.41) is 3.00. The van der Waals surface area contributed by atoms with Crippen molar-refractivity contribution < 1.29 is 23.7 Å². The van der Waals surface area contributed by atoms with Crippen molar-refractivity contribution in [1.82, 2.24) is 4.90 Å². The van der Waals surface area contributed by atoms with E-state index in [0.29, 0.717) is 57.6 Å². The zero-order valence-electron chi connectivity index (χ0n) is 16.9. The maximum Gasteiger partial charge on any atom is 0.238 e. The molecule has 0 radical (unpaired) electrons. The number of rotatable bonds is 8. The first kappa shape index (κ1) is 20.7. The third-order valence-corrected chi connectivity index (χ3v) is 4.76. The molecule has 0 atom stereocenters. The van der Waals surface area contributed by atoms with Crippen LogP contribution in [0.2, 0.25) is 0 Å². The SMILES string of the molecule is CCOc1cc(N2CCOCC2)c(OCC)cc1NC(=O)CN1CCOCC1. The quantitative estimate of drug-likeness (QED) is 0.719. The number of carbonyl (C=O) groups excluding carboxylic acids is 1. The van der Waals surface area contributed by atoms with Crippen molar-refractivity contribution in [3.63, 3.8) is 0 Å². The molecule has 8 nitrogen and oxygen atoms in total. The smallest absolute Gasteiger partial charge is 0.238 e. The van der Waals surface area contributed by atoms with Crippen LogP contribution in [0.25, 0.3) is 0 Å². The molecule has 2 saturated heterocycles. The lowest BCUT2D eigenvalue weighted by atomic mass is 10.2. The Kier molecular flexibility index (Phi) is 7.76. The molecule has 1 amide bonds. The van der Waals surface area contributed by atoms with Gasteiger partial charge in [0.1, 0.15) is 11.5 Å². The maximum absolute atomic E-state index is 12.6. The van der Waals surface area contributed by atoms with E-state index in [9.17, 15) is 4.79 Å². The highest BCUT2D eigenvalue weighted by atomic mass is 16.5. The minimum Gasteiger partial charge on any atom is -0.492 e. The highest BCUT2D eigenvalue weighted by Crippen LogP contribution is 2.39. The predicted molar refractivity (Wildman–Crippen MR) is 108 cm³/mol. The molecule has 1 N–H and O–H groups in total. The van der Waals surface area contributed by atoms with Gasteiger partial charge in [0.05, 0.1) is 57.6 Å². The van der Waals surface area contributed by atoms with Crippen LogP contribution in [0.3, 0.4) is 0 Å². The minimum atomic E-state index is -0.0653. The lowest BCUT2D eigenvalue weighted by Gasteiger charge is -2.31. The summed E-state index contributed by atoms with van der Waals surface area (Å²) >= 11 is 0. The molecule has 2 aliphatic heterocycles. The van der Waals surface area contributed by atoms with E-state index in [4.69, 9.17) is 18.9 Å². The number of benzene rings is 1. The summed E-state index contributed by atoms with van der Waals surface area (Å²) < 4.78 is 22.5. The van der Waals surface area contributed by atoms with Gasteiger partial charge in [0.2, 0.25) is 5.91 Å². The van der Waals surface area contributed by atoms with E-state index in [1.54, 1.807) is 0 Å². The fourth-order valence-electron chi connectivity index (χ4n) is 3.40. The van der Waals surface area contributed by atoms with Gasteiger partial charge in [-0.3, -0.25) is 9.69 Å². The van der Waals surface area contributed by atoms with Crippen molar-refractivity contribution in [3.8, 4) is 11.5 Å². The summed E-state index contributed by atoms with van der Waals surface area (Å²) in [5.41, 5.74) is 1.61. The highest BCUT2D eigenvalue weighted by Gasteiger charge is 2.21. The molecule has 2 fully saturated rings. The zero-order chi connectivity index (χ0) is 19.8. The van der Waals surface area contributed by atoms with Crippen LogP contribution in [0.1, 0.15) is 13.8 Å². The average molecular weight is 393 g/mol. The molecule has 0 unspecified atom stereocenters. The summed E-state index contributed by atoms with van der Waals surface area (Å²) in [4.78, 5) is 16.9. The number of ether oxygens (including phenoxy) is 4. The summed E-state index contributed by atoms with van der Waals surface area (Å²) in [6, 6.07) is 3.83.